The molecule has 10 heteroatoms. The lowest BCUT2D eigenvalue weighted by atomic mass is 9.96. The summed E-state index contributed by atoms with van der Waals surface area (Å²) in [5.41, 5.74) is -2.69. The van der Waals surface area contributed by atoms with E-state index in [9.17, 15) is 24.2 Å². The zero-order chi connectivity index (χ0) is 22.4. The maximum Gasteiger partial charge on any atom is 0.338 e. The summed E-state index contributed by atoms with van der Waals surface area (Å²) in [6, 6.07) is 3.57. The Balaban J connectivity index is 2.00. The molecule has 31 heavy (non-hydrogen) atoms. The number of carboxylic acid groups (broad SMARTS) is 2. The smallest absolute Gasteiger partial charge is 0.338 e. The molecule has 2 heterocycles. The van der Waals surface area contributed by atoms with E-state index in [0.717, 1.165) is 32.0 Å². The Bertz CT molecular complexity index is 942. The third-order valence-corrected chi connectivity index (χ3v) is 5.20. The summed E-state index contributed by atoms with van der Waals surface area (Å²) in [6.07, 6.45) is 6.86. The lowest BCUT2D eigenvalue weighted by molar-refractivity contribution is -0.137. The van der Waals surface area contributed by atoms with Crippen molar-refractivity contribution in [1.82, 2.24) is 10.6 Å². The van der Waals surface area contributed by atoms with Crippen LogP contribution in [0.15, 0.2) is 54.0 Å². The van der Waals surface area contributed by atoms with Gasteiger partial charge in [-0.2, -0.15) is 0 Å². The zero-order valence-electron chi connectivity index (χ0n) is 16.4. The minimum atomic E-state index is -2.04. The minimum absolute atomic E-state index is 0.0332. The van der Waals surface area contributed by atoms with E-state index in [0.29, 0.717) is 6.08 Å². The molecule has 0 bridgehead atoms. The first kappa shape index (κ1) is 22.6. The van der Waals surface area contributed by atoms with Gasteiger partial charge in [-0.3, -0.25) is 0 Å². The topological polar surface area (TPSA) is 117 Å². The number of piperidine rings is 1. The van der Waals surface area contributed by atoms with Gasteiger partial charge >= 0.3 is 11.9 Å². The number of rotatable bonds is 8. The van der Waals surface area contributed by atoms with Crippen LogP contribution in [-0.4, -0.2) is 47.6 Å². The number of nitrogens with one attached hydrogen (secondary N) is 2. The fourth-order valence-electron chi connectivity index (χ4n) is 3.41. The van der Waals surface area contributed by atoms with Gasteiger partial charge in [-0.05, 0) is 43.7 Å². The molecular weight excluding hydrogens is 431 g/mol. The Morgan fingerprint density at radius 1 is 1.35 bits per heavy atom. The van der Waals surface area contributed by atoms with Crippen LogP contribution in [0.3, 0.4) is 0 Å². The molecule has 1 unspecified atom stereocenters. The Hall–Kier alpha value is -3.04. The molecule has 0 saturated carbocycles. The molecule has 2 atom stereocenters. The lowest BCUT2D eigenvalue weighted by Crippen LogP contribution is -2.55. The van der Waals surface area contributed by atoms with E-state index in [-0.39, 0.29) is 29.1 Å². The Kier molecular flexibility index (Phi) is 7.19. The van der Waals surface area contributed by atoms with Gasteiger partial charge in [-0.15, -0.1) is 0 Å². The van der Waals surface area contributed by atoms with E-state index < -0.39 is 29.1 Å². The summed E-state index contributed by atoms with van der Waals surface area (Å²) in [7, 11) is 0. The molecular formula is C21H22ClFN2O6. The summed E-state index contributed by atoms with van der Waals surface area (Å²) in [5, 5.41) is 24.9. The minimum Gasteiger partial charge on any atom is -0.491 e. The van der Waals surface area contributed by atoms with Crippen molar-refractivity contribution < 1.29 is 33.7 Å². The van der Waals surface area contributed by atoms with Crippen LogP contribution < -0.4 is 15.4 Å². The summed E-state index contributed by atoms with van der Waals surface area (Å²) < 4.78 is 25.8. The third kappa shape index (κ3) is 5.36. The number of carboxylic acids is 2. The summed E-state index contributed by atoms with van der Waals surface area (Å²) in [4.78, 5) is 23.4. The van der Waals surface area contributed by atoms with Crippen LogP contribution in [-0.2, 0) is 14.3 Å². The normalized spacial score (nSPS) is 23.5. The van der Waals surface area contributed by atoms with Crippen molar-refractivity contribution in [2.45, 2.75) is 18.6 Å². The molecule has 1 aromatic rings. The quantitative estimate of drug-likeness (QED) is 0.445. The summed E-state index contributed by atoms with van der Waals surface area (Å²) in [5.74, 6) is -3.67. The highest BCUT2D eigenvalue weighted by atomic mass is 35.5. The monoisotopic (exact) mass is 452 g/mol. The van der Waals surface area contributed by atoms with Crippen molar-refractivity contribution in [3.63, 3.8) is 0 Å². The first-order chi connectivity index (χ1) is 14.8. The molecule has 3 rings (SSSR count). The SMILES string of the molecule is O=C(O)/C=C(/C(=O)O)[C@@]1(Oc2ccc(Cl)c(F)c2)NC=CC=C1OCC1CCCNC1. The van der Waals surface area contributed by atoms with Crippen molar-refractivity contribution in [2.75, 3.05) is 19.7 Å². The number of halogens is 2. The fourth-order valence-corrected chi connectivity index (χ4v) is 3.53. The molecule has 1 fully saturated rings. The molecule has 166 valence electrons. The van der Waals surface area contributed by atoms with Crippen LogP contribution >= 0.6 is 11.6 Å². The van der Waals surface area contributed by atoms with Gasteiger partial charge in [0.2, 0.25) is 0 Å². The van der Waals surface area contributed by atoms with E-state index in [1.165, 1.54) is 24.4 Å². The first-order valence-corrected chi connectivity index (χ1v) is 10.0. The highest BCUT2D eigenvalue weighted by molar-refractivity contribution is 6.30. The van der Waals surface area contributed by atoms with Gasteiger partial charge in [-0.1, -0.05) is 11.6 Å². The van der Waals surface area contributed by atoms with Gasteiger partial charge < -0.3 is 30.3 Å². The average molecular weight is 453 g/mol. The molecule has 0 spiro atoms. The zero-order valence-corrected chi connectivity index (χ0v) is 17.2. The second-order valence-corrected chi connectivity index (χ2v) is 7.53. The van der Waals surface area contributed by atoms with Crippen LogP contribution in [0.2, 0.25) is 5.02 Å². The second kappa shape index (κ2) is 9.84. The first-order valence-electron chi connectivity index (χ1n) is 9.63. The number of dihydropyridines is 1. The van der Waals surface area contributed by atoms with E-state index >= 15 is 0 Å². The summed E-state index contributed by atoms with van der Waals surface area (Å²) >= 11 is 5.72. The van der Waals surface area contributed by atoms with Gasteiger partial charge in [0.05, 0.1) is 11.6 Å². The highest BCUT2D eigenvalue weighted by Gasteiger charge is 2.47. The number of aliphatic carboxylic acids is 2. The summed E-state index contributed by atoms with van der Waals surface area (Å²) in [6.45, 7) is 1.92. The van der Waals surface area contributed by atoms with Gasteiger partial charge in [0.15, 0.2) is 5.76 Å². The van der Waals surface area contributed by atoms with E-state index in [1.54, 1.807) is 6.08 Å². The maximum absolute atomic E-state index is 14.0. The predicted octanol–water partition coefficient (Wildman–Crippen LogP) is 2.67. The second-order valence-electron chi connectivity index (χ2n) is 7.12. The lowest BCUT2D eigenvalue weighted by Gasteiger charge is -2.38. The van der Waals surface area contributed by atoms with Gasteiger partial charge in [0.1, 0.15) is 17.1 Å². The molecule has 0 aliphatic carbocycles. The number of hydrogen-bond donors (Lipinski definition) is 4. The van der Waals surface area contributed by atoms with Crippen molar-refractivity contribution >= 4 is 23.5 Å². The molecule has 0 amide bonds. The molecule has 1 saturated heterocycles. The molecule has 2 aliphatic rings. The van der Waals surface area contributed by atoms with Crippen LogP contribution in [0.4, 0.5) is 4.39 Å². The number of carbonyl (C=O) groups is 2. The van der Waals surface area contributed by atoms with Crippen LogP contribution in [0.25, 0.3) is 0 Å². The van der Waals surface area contributed by atoms with E-state index in [2.05, 4.69) is 10.6 Å². The van der Waals surface area contributed by atoms with Gasteiger partial charge in [-0.25, -0.2) is 14.0 Å². The standard InChI is InChI=1S/C21H22ClFN2O6/c22-16-6-5-14(9-17(16)23)31-21(15(20(28)29)10-19(26)27)18(4-2-8-25-21)30-12-13-3-1-7-24-11-13/h2,4-6,8-10,13,24-25H,1,3,7,11-12H2,(H,26,27)(H,28,29)/b15-10-/t13?,21-/m0/s1. The van der Waals surface area contributed by atoms with E-state index in [4.69, 9.17) is 21.1 Å². The van der Waals surface area contributed by atoms with Crippen molar-refractivity contribution in [1.29, 1.82) is 0 Å². The molecule has 2 aliphatic heterocycles. The largest absolute Gasteiger partial charge is 0.491 e. The molecule has 8 nitrogen and oxygen atoms in total. The van der Waals surface area contributed by atoms with Gasteiger partial charge in [0, 0.05) is 30.8 Å². The van der Waals surface area contributed by atoms with Crippen LogP contribution in [0.5, 0.6) is 5.75 Å². The molecule has 4 N–H and O–H groups in total. The fraction of sp³-hybridized carbons (Fsp3) is 0.333. The number of allylic oxidation sites excluding steroid dienone is 2. The van der Waals surface area contributed by atoms with Crippen molar-refractivity contribution in [3.05, 3.63) is 64.8 Å². The number of hydrogen-bond acceptors (Lipinski definition) is 6. The van der Waals surface area contributed by atoms with Crippen LogP contribution in [0.1, 0.15) is 12.8 Å². The Morgan fingerprint density at radius 3 is 2.81 bits per heavy atom. The van der Waals surface area contributed by atoms with Crippen molar-refractivity contribution in [3.8, 4) is 5.75 Å². The number of benzene rings is 1. The number of ether oxygens (including phenoxy) is 2. The van der Waals surface area contributed by atoms with Gasteiger partial charge in [0.25, 0.3) is 5.72 Å². The Morgan fingerprint density at radius 2 is 2.16 bits per heavy atom. The third-order valence-electron chi connectivity index (χ3n) is 4.89. The van der Waals surface area contributed by atoms with E-state index in [1.807, 2.05) is 0 Å². The predicted molar refractivity (Wildman–Crippen MR) is 110 cm³/mol. The molecule has 1 aromatic carbocycles. The van der Waals surface area contributed by atoms with Crippen LogP contribution in [0, 0.1) is 11.7 Å². The maximum atomic E-state index is 14.0. The highest BCUT2D eigenvalue weighted by Crippen LogP contribution is 2.34. The van der Waals surface area contributed by atoms with Crippen molar-refractivity contribution in [2.24, 2.45) is 5.92 Å². The Labute approximate surface area is 183 Å². The average Bonchev–Trinajstić information content (AvgIpc) is 2.74. The molecule has 0 aromatic heterocycles. The molecule has 0 radical (unpaired) electrons.